The van der Waals surface area contributed by atoms with Gasteiger partial charge in [-0.1, -0.05) is 18.2 Å². The molecule has 1 aliphatic rings. The molecular formula is C21H20F3N3O2. The lowest BCUT2D eigenvalue weighted by Crippen LogP contribution is -2.45. The average molecular weight is 403 g/mol. The molecule has 3 heterocycles. The predicted molar refractivity (Wildman–Crippen MR) is 100 cm³/mol. The van der Waals surface area contributed by atoms with E-state index < -0.39 is 17.3 Å². The summed E-state index contributed by atoms with van der Waals surface area (Å²) in [6.07, 6.45) is -2.32. The van der Waals surface area contributed by atoms with Gasteiger partial charge < -0.3 is 14.4 Å². The SMILES string of the molecule is Cc1c(C(=O)N2CCC(O)(c3cccc(C(F)(F)F)c3)CC2)nc2ccccn12. The summed E-state index contributed by atoms with van der Waals surface area (Å²) in [5.74, 6) is -0.239. The normalized spacial score (nSPS) is 16.9. The molecule has 5 nitrogen and oxygen atoms in total. The summed E-state index contributed by atoms with van der Waals surface area (Å²) < 4.78 is 40.8. The Morgan fingerprint density at radius 2 is 1.86 bits per heavy atom. The van der Waals surface area contributed by atoms with E-state index in [-0.39, 0.29) is 37.4 Å². The molecule has 0 radical (unpaired) electrons. The van der Waals surface area contributed by atoms with Gasteiger partial charge in [-0.05, 0) is 49.6 Å². The van der Waals surface area contributed by atoms with Gasteiger partial charge in [0.15, 0.2) is 0 Å². The number of aliphatic hydroxyl groups is 1. The Morgan fingerprint density at radius 1 is 1.14 bits per heavy atom. The third-order valence-electron chi connectivity index (χ3n) is 5.58. The number of piperidine rings is 1. The Labute approximate surface area is 165 Å². The van der Waals surface area contributed by atoms with Gasteiger partial charge >= 0.3 is 6.18 Å². The van der Waals surface area contributed by atoms with Crippen molar-refractivity contribution in [2.45, 2.75) is 31.5 Å². The number of hydrogen-bond acceptors (Lipinski definition) is 3. The lowest BCUT2D eigenvalue weighted by atomic mass is 9.83. The van der Waals surface area contributed by atoms with E-state index in [9.17, 15) is 23.1 Å². The zero-order valence-corrected chi connectivity index (χ0v) is 15.8. The molecule has 1 aromatic carbocycles. The number of carbonyl (C=O) groups excluding carboxylic acids is 1. The Hall–Kier alpha value is -2.87. The summed E-state index contributed by atoms with van der Waals surface area (Å²) in [4.78, 5) is 18.9. The number of fused-ring (bicyclic) bond motifs is 1. The molecule has 0 atom stereocenters. The van der Waals surface area contributed by atoms with E-state index in [2.05, 4.69) is 4.98 Å². The van der Waals surface area contributed by atoms with E-state index in [1.165, 1.54) is 12.1 Å². The van der Waals surface area contributed by atoms with Gasteiger partial charge in [0.05, 0.1) is 16.9 Å². The standard InChI is InChI=1S/C21H20F3N3O2/c1-14-18(25-17-7-2-3-10-27(14)17)19(28)26-11-8-20(29,9-12-26)15-5-4-6-16(13-15)21(22,23)24/h2-7,10,13,29H,8-9,11-12H2,1H3. The summed E-state index contributed by atoms with van der Waals surface area (Å²) in [6, 6.07) is 10.3. The second kappa shape index (κ2) is 6.88. The zero-order chi connectivity index (χ0) is 20.8. The summed E-state index contributed by atoms with van der Waals surface area (Å²) >= 11 is 0. The topological polar surface area (TPSA) is 57.8 Å². The van der Waals surface area contributed by atoms with Crippen LogP contribution in [0.25, 0.3) is 5.65 Å². The van der Waals surface area contributed by atoms with Gasteiger partial charge in [-0.25, -0.2) is 4.98 Å². The molecule has 0 bridgehead atoms. The van der Waals surface area contributed by atoms with Gasteiger partial charge in [0.1, 0.15) is 11.3 Å². The Bertz CT molecular complexity index is 1070. The van der Waals surface area contributed by atoms with Crippen molar-refractivity contribution in [3.63, 3.8) is 0 Å². The van der Waals surface area contributed by atoms with Crippen molar-refractivity contribution in [1.82, 2.24) is 14.3 Å². The Balaban J connectivity index is 1.53. The number of pyridine rings is 1. The van der Waals surface area contributed by atoms with Crippen LogP contribution in [0.3, 0.4) is 0 Å². The van der Waals surface area contributed by atoms with Crippen molar-refractivity contribution >= 4 is 11.6 Å². The molecule has 0 aliphatic carbocycles. The molecule has 3 aromatic rings. The first-order valence-corrected chi connectivity index (χ1v) is 9.32. The molecular weight excluding hydrogens is 383 g/mol. The maximum atomic E-state index is 13.0. The molecule has 1 N–H and O–H groups in total. The van der Waals surface area contributed by atoms with Crippen LogP contribution in [0, 0.1) is 6.92 Å². The molecule has 2 aromatic heterocycles. The first-order valence-electron chi connectivity index (χ1n) is 9.32. The second-order valence-corrected chi connectivity index (χ2v) is 7.38. The second-order valence-electron chi connectivity index (χ2n) is 7.38. The monoisotopic (exact) mass is 403 g/mol. The Morgan fingerprint density at radius 3 is 2.52 bits per heavy atom. The number of alkyl halides is 3. The van der Waals surface area contributed by atoms with Crippen molar-refractivity contribution < 1.29 is 23.1 Å². The zero-order valence-electron chi connectivity index (χ0n) is 15.8. The fourth-order valence-electron chi connectivity index (χ4n) is 3.82. The number of amides is 1. The third kappa shape index (κ3) is 3.48. The van der Waals surface area contributed by atoms with Gasteiger partial charge in [-0.15, -0.1) is 0 Å². The minimum absolute atomic E-state index is 0.159. The molecule has 1 fully saturated rings. The van der Waals surface area contributed by atoms with Crippen LogP contribution in [-0.4, -0.2) is 38.4 Å². The minimum atomic E-state index is -4.47. The average Bonchev–Trinajstić information content (AvgIpc) is 3.04. The molecule has 0 spiro atoms. The molecule has 1 aliphatic heterocycles. The number of carbonyl (C=O) groups is 1. The van der Waals surface area contributed by atoms with Gasteiger partial charge in [0, 0.05) is 19.3 Å². The summed E-state index contributed by atoms with van der Waals surface area (Å²) in [6.45, 7) is 2.29. The van der Waals surface area contributed by atoms with Crippen LogP contribution in [0.15, 0.2) is 48.7 Å². The quantitative estimate of drug-likeness (QED) is 0.709. The van der Waals surface area contributed by atoms with Gasteiger partial charge in [-0.3, -0.25) is 4.79 Å². The molecule has 0 saturated carbocycles. The van der Waals surface area contributed by atoms with Crippen LogP contribution in [0.5, 0.6) is 0 Å². The van der Waals surface area contributed by atoms with E-state index in [0.717, 1.165) is 17.8 Å². The van der Waals surface area contributed by atoms with Crippen molar-refractivity contribution in [3.05, 3.63) is 71.2 Å². The molecule has 1 saturated heterocycles. The molecule has 0 unspecified atom stereocenters. The van der Waals surface area contributed by atoms with Gasteiger partial charge in [0.25, 0.3) is 5.91 Å². The number of halogens is 3. The van der Waals surface area contributed by atoms with E-state index in [0.29, 0.717) is 11.3 Å². The fourth-order valence-corrected chi connectivity index (χ4v) is 3.82. The van der Waals surface area contributed by atoms with Gasteiger partial charge in [0.2, 0.25) is 0 Å². The first kappa shape index (κ1) is 19.4. The maximum absolute atomic E-state index is 13.0. The van der Waals surface area contributed by atoms with Crippen molar-refractivity contribution in [2.75, 3.05) is 13.1 Å². The van der Waals surface area contributed by atoms with E-state index in [1.54, 1.807) is 4.90 Å². The third-order valence-corrected chi connectivity index (χ3v) is 5.58. The summed E-state index contributed by atoms with van der Waals surface area (Å²) in [5, 5.41) is 10.9. The van der Waals surface area contributed by atoms with Crippen LogP contribution < -0.4 is 0 Å². The van der Waals surface area contributed by atoms with Crippen molar-refractivity contribution in [3.8, 4) is 0 Å². The Kier molecular flexibility index (Phi) is 4.61. The number of aryl methyl sites for hydroxylation is 1. The highest BCUT2D eigenvalue weighted by molar-refractivity contribution is 5.94. The maximum Gasteiger partial charge on any atom is 0.416 e. The number of benzene rings is 1. The predicted octanol–water partition coefficient (Wildman–Crippen LogP) is 3.79. The molecule has 152 valence electrons. The lowest BCUT2D eigenvalue weighted by molar-refractivity contribution is -0.137. The first-order chi connectivity index (χ1) is 13.7. The molecule has 29 heavy (non-hydrogen) atoms. The highest BCUT2D eigenvalue weighted by Crippen LogP contribution is 2.37. The number of hydrogen-bond donors (Lipinski definition) is 1. The number of rotatable bonds is 2. The molecule has 1 amide bonds. The largest absolute Gasteiger partial charge is 0.416 e. The van der Waals surface area contributed by atoms with E-state index in [1.807, 2.05) is 35.7 Å². The smallest absolute Gasteiger partial charge is 0.385 e. The van der Waals surface area contributed by atoms with Crippen LogP contribution >= 0.6 is 0 Å². The van der Waals surface area contributed by atoms with Crippen LogP contribution in [0.1, 0.15) is 40.2 Å². The lowest BCUT2D eigenvalue weighted by Gasteiger charge is -2.38. The molecule has 8 heteroatoms. The van der Waals surface area contributed by atoms with Crippen molar-refractivity contribution in [2.24, 2.45) is 0 Å². The van der Waals surface area contributed by atoms with Crippen LogP contribution in [-0.2, 0) is 11.8 Å². The highest BCUT2D eigenvalue weighted by atomic mass is 19.4. The van der Waals surface area contributed by atoms with E-state index in [4.69, 9.17) is 0 Å². The van der Waals surface area contributed by atoms with E-state index >= 15 is 0 Å². The minimum Gasteiger partial charge on any atom is -0.385 e. The molecule has 4 rings (SSSR count). The fraction of sp³-hybridized carbons (Fsp3) is 0.333. The number of aromatic nitrogens is 2. The number of nitrogens with zero attached hydrogens (tertiary/aromatic N) is 3. The van der Waals surface area contributed by atoms with Crippen LogP contribution in [0.4, 0.5) is 13.2 Å². The number of likely N-dealkylation sites (tertiary alicyclic amines) is 1. The summed E-state index contributed by atoms with van der Waals surface area (Å²) in [7, 11) is 0. The highest BCUT2D eigenvalue weighted by Gasteiger charge is 2.38. The van der Waals surface area contributed by atoms with Gasteiger partial charge in [-0.2, -0.15) is 13.2 Å². The van der Waals surface area contributed by atoms with Crippen LogP contribution in [0.2, 0.25) is 0 Å². The number of imidazole rings is 1. The summed E-state index contributed by atoms with van der Waals surface area (Å²) in [5.41, 5.74) is -0.215. The van der Waals surface area contributed by atoms with Crippen molar-refractivity contribution in [1.29, 1.82) is 0 Å².